The van der Waals surface area contributed by atoms with E-state index in [1.54, 1.807) is 12.1 Å². The molecule has 2 N–H and O–H groups in total. The molecule has 1 aromatic heterocycles. The molecule has 0 atom stereocenters. The van der Waals surface area contributed by atoms with Crippen molar-refractivity contribution in [2.24, 2.45) is 0 Å². The standard InChI is InChI=1S/C11H13N5O3/c1-2-8-5-10(3-4-11(8)16(17)18)19-7-9-6-15(12)14-13-9/h3-6H,2,7,12H2,1H3. The summed E-state index contributed by atoms with van der Waals surface area (Å²) < 4.78 is 5.49. The summed E-state index contributed by atoms with van der Waals surface area (Å²) in [7, 11) is 0. The molecule has 0 spiro atoms. The lowest BCUT2D eigenvalue weighted by atomic mass is 10.1. The fourth-order valence-corrected chi connectivity index (χ4v) is 1.65. The number of aromatic nitrogens is 3. The number of nitrogens with two attached hydrogens (primary N) is 1. The number of ether oxygens (including phenoxy) is 1. The van der Waals surface area contributed by atoms with Gasteiger partial charge in [-0.2, -0.15) is 4.79 Å². The molecule has 1 heterocycles. The van der Waals surface area contributed by atoms with Gasteiger partial charge in [0.05, 0.1) is 11.1 Å². The van der Waals surface area contributed by atoms with E-state index in [4.69, 9.17) is 10.6 Å². The predicted octanol–water partition coefficient (Wildman–Crippen LogP) is 1.04. The Hall–Kier alpha value is -2.64. The van der Waals surface area contributed by atoms with E-state index in [1.807, 2.05) is 6.92 Å². The number of nitrogen functional groups attached to an aromatic ring is 1. The van der Waals surface area contributed by atoms with Gasteiger partial charge in [0.15, 0.2) is 0 Å². The number of nitro benzene ring substituents is 1. The van der Waals surface area contributed by atoms with Crippen LogP contribution in [0.5, 0.6) is 5.75 Å². The quantitative estimate of drug-likeness (QED) is 0.490. The van der Waals surface area contributed by atoms with E-state index in [-0.39, 0.29) is 12.3 Å². The van der Waals surface area contributed by atoms with Crippen LogP contribution in [0.15, 0.2) is 24.4 Å². The van der Waals surface area contributed by atoms with E-state index >= 15 is 0 Å². The van der Waals surface area contributed by atoms with E-state index in [9.17, 15) is 10.1 Å². The fourth-order valence-electron chi connectivity index (χ4n) is 1.65. The zero-order chi connectivity index (χ0) is 13.8. The molecule has 8 nitrogen and oxygen atoms in total. The van der Waals surface area contributed by atoms with Gasteiger partial charge >= 0.3 is 0 Å². The summed E-state index contributed by atoms with van der Waals surface area (Å²) in [6, 6.07) is 4.66. The van der Waals surface area contributed by atoms with Crippen LogP contribution in [0.25, 0.3) is 0 Å². The van der Waals surface area contributed by atoms with Gasteiger partial charge in [-0.15, -0.1) is 5.10 Å². The Labute approximate surface area is 108 Å². The molecule has 19 heavy (non-hydrogen) atoms. The number of nitro groups is 1. The van der Waals surface area contributed by atoms with Crippen molar-refractivity contribution in [1.82, 2.24) is 15.1 Å². The summed E-state index contributed by atoms with van der Waals surface area (Å²) >= 11 is 0. The Morgan fingerprint density at radius 3 is 2.89 bits per heavy atom. The minimum absolute atomic E-state index is 0.0998. The van der Waals surface area contributed by atoms with Crippen molar-refractivity contribution >= 4 is 5.69 Å². The van der Waals surface area contributed by atoms with Crippen LogP contribution < -0.4 is 10.6 Å². The van der Waals surface area contributed by atoms with Gasteiger partial charge in [-0.05, 0) is 23.8 Å². The van der Waals surface area contributed by atoms with Gasteiger partial charge in [0.1, 0.15) is 18.1 Å². The van der Waals surface area contributed by atoms with E-state index in [2.05, 4.69) is 10.3 Å². The Balaban J connectivity index is 2.11. The second-order valence-electron chi connectivity index (χ2n) is 3.88. The first-order valence-corrected chi connectivity index (χ1v) is 5.66. The first-order valence-electron chi connectivity index (χ1n) is 5.66. The van der Waals surface area contributed by atoms with Crippen molar-refractivity contribution in [2.45, 2.75) is 20.0 Å². The Bertz CT molecular complexity index is 596. The Morgan fingerprint density at radius 1 is 1.53 bits per heavy atom. The molecule has 0 bridgehead atoms. The topological polar surface area (TPSA) is 109 Å². The highest BCUT2D eigenvalue weighted by Gasteiger charge is 2.13. The van der Waals surface area contributed by atoms with Crippen LogP contribution in [0, 0.1) is 10.1 Å². The number of aryl methyl sites for hydroxylation is 1. The van der Waals surface area contributed by atoms with E-state index in [1.165, 1.54) is 12.3 Å². The zero-order valence-electron chi connectivity index (χ0n) is 10.3. The van der Waals surface area contributed by atoms with Gasteiger partial charge < -0.3 is 10.6 Å². The van der Waals surface area contributed by atoms with E-state index in [0.717, 1.165) is 4.79 Å². The number of rotatable bonds is 5. The molecule has 0 radical (unpaired) electrons. The van der Waals surface area contributed by atoms with Crippen LogP contribution >= 0.6 is 0 Å². The van der Waals surface area contributed by atoms with Gasteiger partial charge in [0, 0.05) is 11.6 Å². The van der Waals surface area contributed by atoms with Crippen molar-refractivity contribution in [3.8, 4) is 5.75 Å². The smallest absolute Gasteiger partial charge is 0.272 e. The van der Waals surface area contributed by atoms with Gasteiger partial charge in [-0.25, -0.2) is 0 Å². The van der Waals surface area contributed by atoms with Crippen LogP contribution in [-0.4, -0.2) is 20.0 Å². The van der Waals surface area contributed by atoms with Crippen molar-refractivity contribution in [3.05, 3.63) is 45.8 Å². The van der Waals surface area contributed by atoms with Crippen LogP contribution in [-0.2, 0) is 13.0 Å². The molecule has 0 saturated carbocycles. The second kappa shape index (κ2) is 5.34. The highest BCUT2D eigenvalue weighted by Crippen LogP contribution is 2.24. The maximum atomic E-state index is 10.8. The summed E-state index contributed by atoms with van der Waals surface area (Å²) in [5.74, 6) is 5.91. The molecule has 0 fully saturated rings. The summed E-state index contributed by atoms with van der Waals surface area (Å²) in [5.41, 5.74) is 1.31. The molecule has 1 aromatic carbocycles. The summed E-state index contributed by atoms with van der Waals surface area (Å²) in [6.45, 7) is 2.06. The van der Waals surface area contributed by atoms with Crippen molar-refractivity contribution < 1.29 is 9.66 Å². The Kier molecular flexibility index (Phi) is 3.60. The first kappa shape index (κ1) is 12.8. The molecular formula is C11H13N5O3. The highest BCUT2D eigenvalue weighted by molar-refractivity contribution is 5.45. The SMILES string of the molecule is CCc1cc(OCc2cn(N)nn2)ccc1[N+](=O)[O-]. The maximum absolute atomic E-state index is 10.8. The minimum atomic E-state index is -0.400. The van der Waals surface area contributed by atoms with Crippen LogP contribution in [0.3, 0.4) is 0 Å². The zero-order valence-corrected chi connectivity index (χ0v) is 10.3. The van der Waals surface area contributed by atoms with Gasteiger partial charge in [-0.1, -0.05) is 6.92 Å². The fraction of sp³-hybridized carbons (Fsp3) is 0.273. The summed E-state index contributed by atoms with van der Waals surface area (Å²) in [6.07, 6.45) is 2.10. The number of benzene rings is 1. The van der Waals surface area contributed by atoms with Gasteiger partial charge in [0.2, 0.25) is 0 Å². The lowest BCUT2D eigenvalue weighted by molar-refractivity contribution is -0.385. The normalized spacial score (nSPS) is 10.4. The van der Waals surface area contributed by atoms with Gasteiger partial charge in [0.25, 0.3) is 5.69 Å². The van der Waals surface area contributed by atoms with Crippen molar-refractivity contribution in [3.63, 3.8) is 0 Å². The first-order chi connectivity index (χ1) is 9.10. The molecule has 0 aliphatic heterocycles. The minimum Gasteiger partial charge on any atom is -0.487 e. The lowest BCUT2D eigenvalue weighted by Crippen LogP contribution is -2.07. The molecule has 0 unspecified atom stereocenters. The third kappa shape index (κ3) is 2.97. The Morgan fingerprint density at radius 2 is 2.32 bits per heavy atom. The van der Waals surface area contributed by atoms with Crippen LogP contribution in [0.2, 0.25) is 0 Å². The van der Waals surface area contributed by atoms with Gasteiger partial charge in [-0.3, -0.25) is 10.1 Å². The third-order valence-electron chi connectivity index (χ3n) is 2.57. The average molecular weight is 263 g/mol. The highest BCUT2D eigenvalue weighted by atomic mass is 16.6. The average Bonchev–Trinajstić information content (AvgIpc) is 2.81. The number of hydrogen-bond acceptors (Lipinski definition) is 6. The number of nitrogens with zero attached hydrogens (tertiary/aromatic N) is 4. The summed E-state index contributed by atoms with van der Waals surface area (Å²) in [5, 5.41) is 18.2. The largest absolute Gasteiger partial charge is 0.487 e. The molecule has 100 valence electrons. The molecular weight excluding hydrogens is 250 g/mol. The summed E-state index contributed by atoms with van der Waals surface area (Å²) in [4.78, 5) is 11.5. The third-order valence-corrected chi connectivity index (χ3v) is 2.57. The van der Waals surface area contributed by atoms with Crippen LogP contribution in [0.4, 0.5) is 5.69 Å². The molecule has 8 heteroatoms. The molecule has 0 amide bonds. The van der Waals surface area contributed by atoms with E-state index in [0.29, 0.717) is 23.4 Å². The number of hydrogen-bond donors (Lipinski definition) is 1. The van der Waals surface area contributed by atoms with Crippen molar-refractivity contribution in [1.29, 1.82) is 0 Å². The monoisotopic (exact) mass is 263 g/mol. The van der Waals surface area contributed by atoms with Crippen molar-refractivity contribution in [2.75, 3.05) is 5.84 Å². The van der Waals surface area contributed by atoms with E-state index < -0.39 is 4.92 Å². The molecule has 2 rings (SSSR count). The predicted molar refractivity (Wildman–Crippen MR) is 67.0 cm³/mol. The molecule has 2 aromatic rings. The maximum Gasteiger partial charge on any atom is 0.272 e. The van der Waals surface area contributed by atoms with Crippen LogP contribution in [0.1, 0.15) is 18.2 Å². The second-order valence-corrected chi connectivity index (χ2v) is 3.88. The molecule has 0 aliphatic carbocycles. The lowest BCUT2D eigenvalue weighted by Gasteiger charge is -2.06. The molecule has 0 saturated heterocycles. The molecule has 0 aliphatic rings.